The van der Waals surface area contributed by atoms with Crippen molar-refractivity contribution in [2.75, 3.05) is 14.2 Å². The Morgan fingerprint density at radius 1 is 1.20 bits per heavy atom. The minimum atomic E-state index is -0.169. The molecule has 1 aromatic carbocycles. The zero-order valence-electron chi connectivity index (χ0n) is 15.0. The Morgan fingerprint density at radius 3 is 2.52 bits per heavy atom. The van der Waals surface area contributed by atoms with Gasteiger partial charge in [-0.15, -0.1) is 0 Å². The Kier molecular flexibility index (Phi) is 4.83. The predicted octanol–water partition coefficient (Wildman–Crippen LogP) is 4.24. The van der Waals surface area contributed by atoms with Crippen LogP contribution < -0.4 is 14.8 Å². The number of methoxy groups -OCH3 is 2. The van der Waals surface area contributed by atoms with Gasteiger partial charge in [0.15, 0.2) is 0 Å². The van der Waals surface area contributed by atoms with Crippen molar-refractivity contribution in [3.05, 3.63) is 47.0 Å². The van der Waals surface area contributed by atoms with Crippen LogP contribution in [-0.4, -0.2) is 26.2 Å². The maximum Gasteiger partial charge on any atom is 0.255 e. The molecule has 2 aliphatic rings. The lowest BCUT2D eigenvalue weighted by molar-refractivity contribution is 0.0941. The third-order valence-electron chi connectivity index (χ3n) is 5.39. The quantitative estimate of drug-likeness (QED) is 0.853. The molecule has 1 fully saturated rings. The SMILES string of the molecule is COc1cc(OC)c(C(=O)N[C@H]2[C@H](C3C=CC=CC3)C2(C)C)cc1Cl. The normalized spacial score (nSPS) is 26.2. The summed E-state index contributed by atoms with van der Waals surface area (Å²) in [6.45, 7) is 4.40. The van der Waals surface area contributed by atoms with Gasteiger partial charge >= 0.3 is 0 Å². The van der Waals surface area contributed by atoms with Crippen LogP contribution in [-0.2, 0) is 0 Å². The number of hydrogen-bond acceptors (Lipinski definition) is 3. The third kappa shape index (κ3) is 3.28. The minimum absolute atomic E-state index is 0.0688. The van der Waals surface area contributed by atoms with Crippen molar-refractivity contribution in [1.82, 2.24) is 5.32 Å². The van der Waals surface area contributed by atoms with Crippen LogP contribution in [0.15, 0.2) is 36.4 Å². The molecule has 25 heavy (non-hydrogen) atoms. The fourth-order valence-corrected chi connectivity index (χ4v) is 4.12. The highest BCUT2D eigenvalue weighted by Gasteiger charge is 2.60. The second-order valence-electron chi connectivity index (χ2n) is 7.20. The van der Waals surface area contributed by atoms with E-state index in [9.17, 15) is 4.79 Å². The largest absolute Gasteiger partial charge is 0.496 e. The summed E-state index contributed by atoms with van der Waals surface area (Å²) in [7, 11) is 3.06. The Hall–Kier alpha value is -1.94. The lowest BCUT2D eigenvalue weighted by atomic mass is 9.91. The number of halogens is 1. The molecule has 1 unspecified atom stereocenters. The first kappa shape index (κ1) is 17.9. The molecular weight excluding hydrogens is 338 g/mol. The lowest BCUT2D eigenvalue weighted by Gasteiger charge is -2.14. The number of nitrogens with one attached hydrogen (secondary N) is 1. The monoisotopic (exact) mass is 361 g/mol. The van der Waals surface area contributed by atoms with Crippen LogP contribution in [0.5, 0.6) is 11.5 Å². The number of amides is 1. The van der Waals surface area contributed by atoms with Gasteiger partial charge < -0.3 is 14.8 Å². The average Bonchev–Trinajstić information content (AvgIpc) is 3.15. The van der Waals surface area contributed by atoms with Crippen LogP contribution in [0.2, 0.25) is 5.02 Å². The number of carbonyl (C=O) groups is 1. The molecule has 0 bridgehead atoms. The summed E-state index contributed by atoms with van der Waals surface area (Å²) < 4.78 is 10.5. The third-order valence-corrected chi connectivity index (χ3v) is 5.69. The van der Waals surface area contributed by atoms with E-state index in [1.807, 2.05) is 0 Å². The van der Waals surface area contributed by atoms with E-state index in [4.69, 9.17) is 21.1 Å². The molecule has 0 radical (unpaired) electrons. The van der Waals surface area contributed by atoms with Gasteiger partial charge in [-0.3, -0.25) is 4.79 Å². The molecule has 1 amide bonds. The van der Waals surface area contributed by atoms with E-state index < -0.39 is 0 Å². The van der Waals surface area contributed by atoms with E-state index in [1.54, 1.807) is 12.1 Å². The Balaban J connectivity index is 1.78. The fourth-order valence-electron chi connectivity index (χ4n) is 3.87. The van der Waals surface area contributed by atoms with E-state index >= 15 is 0 Å². The molecule has 0 aliphatic heterocycles. The van der Waals surface area contributed by atoms with Gasteiger partial charge in [0.25, 0.3) is 5.91 Å². The summed E-state index contributed by atoms with van der Waals surface area (Å²) in [5.74, 6) is 1.66. The van der Waals surface area contributed by atoms with E-state index in [-0.39, 0.29) is 17.4 Å². The Labute approximate surface area is 153 Å². The maximum absolute atomic E-state index is 12.8. The minimum Gasteiger partial charge on any atom is -0.496 e. The molecule has 3 rings (SSSR count). The van der Waals surface area contributed by atoms with Crippen LogP contribution in [0.4, 0.5) is 0 Å². The van der Waals surface area contributed by atoms with E-state index in [0.717, 1.165) is 6.42 Å². The maximum atomic E-state index is 12.8. The predicted molar refractivity (Wildman–Crippen MR) is 99.5 cm³/mol. The van der Waals surface area contributed by atoms with Gasteiger partial charge in [0.1, 0.15) is 11.5 Å². The highest BCUT2D eigenvalue weighted by molar-refractivity contribution is 6.32. The van der Waals surface area contributed by atoms with Crippen molar-refractivity contribution < 1.29 is 14.3 Å². The second-order valence-corrected chi connectivity index (χ2v) is 7.61. The van der Waals surface area contributed by atoms with E-state index in [2.05, 4.69) is 43.5 Å². The molecule has 0 saturated heterocycles. The number of rotatable bonds is 5. The van der Waals surface area contributed by atoms with Crippen molar-refractivity contribution in [2.45, 2.75) is 26.3 Å². The number of benzene rings is 1. The van der Waals surface area contributed by atoms with E-state index in [0.29, 0.717) is 33.9 Å². The Bertz CT molecular complexity index is 739. The van der Waals surface area contributed by atoms with E-state index in [1.165, 1.54) is 14.2 Å². The molecule has 2 aliphatic carbocycles. The van der Waals surface area contributed by atoms with Gasteiger partial charge in [-0.2, -0.15) is 0 Å². The van der Waals surface area contributed by atoms with Crippen LogP contribution in [0.1, 0.15) is 30.6 Å². The average molecular weight is 362 g/mol. The summed E-state index contributed by atoms with van der Waals surface area (Å²) >= 11 is 6.18. The summed E-state index contributed by atoms with van der Waals surface area (Å²) in [6.07, 6.45) is 9.61. The molecule has 0 spiro atoms. The number of carbonyl (C=O) groups excluding carboxylic acids is 1. The molecule has 0 aromatic heterocycles. The second kappa shape index (κ2) is 6.75. The molecule has 134 valence electrons. The summed E-state index contributed by atoms with van der Waals surface area (Å²) in [5, 5.41) is 3.56. The molecule has 0 heterocycles. The Morgan fingerprint density at radius 2 is 1.92 bits per heavy atom. The fraction of sp³-hybridized carbons (Fsp3) is 0.450. The molecule has 4 nitrogen and oxygen atoms in total. The first-order valence-corrected chi connectivity index (χ1v) is 8.83. The van der Waals surface area contributed by atoms with Crippen molar-refractivity contribution >= 4 is 17.5 Å². The summed E-state index contributed by atoms with van der Waals surface area (Å²) in [4.78, 5) is 12.8. The van der Waals surface area contributed by atoms with Gasteiger partial charge in [-0.25, -0.2) is 0 Å². The zero-order chi connectivity index (χ0) is 18.2. The molecule has 3 atom stereocenters. The zero-order valence-corrected chi connectivity index (χ0v) is 15.8. The van der Waals surface area contributed by atoms with Crippen molar-refractivity contribution in [2.24, 2.45) is 17.3 Å². The molecule has 1 aromatic rings. The van der Waals surface area contributed by atoms with Crippen LogP contribution >= 0.6 is 11.6 Å². The molecular formula is C20H24ClNO3. The first-order valence-electron chi connectivity index (χ1n) is 8.46. The van der Waals surface area contributed by atoms with Gasteiger partial charge in [-0.05, 0) is 29.7 Å². The summed E-state index contributed by atoms with van der Waals surface area (Å²) in [5.41, 5.74) is 0.494. The first-order chi connectivity index (χ1) is 11.9. The number of allylic oxidation sites excluding steroid dienone is 4. The molecule has 5 heteroatoms. The van der Waals surface area contributed by atoms with Crippen molar-refractivity contribution in [3.8, 4) is 11.5 Å². The van der Waals surface area contributed by atoms with Crippen LogP contribution in [0, 0.1) is 17.3 Å². The number of ether oxygens (including phenoxy) is 2. The standard InChI is InChI=1S/C20H24ClNO3/c1-20(2)17(12-8-6-5-7-9-12)18(20)22-19(23)13-10-14(21)16(25-4)11-15(13)24-3/h5-8,10-12,17-18H,9H2,1-4H3,(H,22,23)/t12?,17-,18-/m0/s1. The highest BCUT2D eigenvalue weighted by atomic mass is 35.5. The lowest BCUT2D eigenvalue weighted by Crippen LogP contribution is -2.29. The van der Waals surface area contributed by atoms with Crippen molar-refractivity contribution in [1.29, 1.82) is 0 Å². The van der Waals surface area contributed by atoms with Crippen LogP contribution in [0.25, 0.3) is 0 Å². The number of hydrogen-bond donors (Lipinski definition) is 1. The van der Waals surface area contributed by atoms with Gasteiger partial charge in [0.05, 0.1) is 24.8 Å². The molecule has 1 saturated carbocycles. The van der Waals surface area contributed by atoms with Gasteiger partial charge in [0, 0.05) is 12.1 Å². The smallest absolute Gasteiger partial charge is 0.255 e. The topological polar surface area (TPSA) is 47.6 Å². The van der Waals surface area contributed by atoms with Crippen LogP contribution in [0.3, 0.4) is 0 Å². The van der Waals surface area contributed by atoms with Gasteiger partial charge in [0.2, 0.25) is 0 Å². The molecule has 1 N–H and O–H groups in total. The van der Waals surface area contributed by atoms with Gasteiger partial charge in [-0.1, -0.05) is 49.8 Å². The van der Waals surface area contributed by atoms with Crippen molar-refractivity contribution in [3.63, 3.8) is 0 Å². The highest BCUT2D eigenvalue weighted by Crippen LogP contribution is 2.57. The summed E-state index contributed by atoms with van der Waals surface area (Å²) in [6, 6.07) is 3.37.